The maximum absolute atomic E-state index is 12.5. The summed E-state index contributed by atoms with van der Waals surface area (Å²) in [6.07, 6.45) is -0.254. The second-order valence-electron chi connectivity index (χ2n) is 6.01. The van der Waals surface area contributed by atoms with Gasteiger partial charge in [0.1, 0.15) is 12.2 Å². The number of nitrogens with one attached hydrogen (secondary N) is 2. The van der Waals surface area contributed by atoms with Crippen LogP contribution in [0.1, 0.15) is 16.8 Å². The van der Waals surface area contributed by atoms with Crippen molar-refractivity contribution in [2.24, 2.45) is 0 Å². The van der Waals surface area contributed by atoms with E-state index in [0.29, 0.717) is 27.7 Å². The van der Waals surface area contributed by atoms with E-state index in [1.807, 2.05) is 0 Å². The number of amides is 3. The molecule has 9 heteroatoms. The highest BCUT2D eigenvalue weighted by Crippen LogP contribution is 2.27. The SMILES string of the molecule is COc1ccc(Cl)cc1NC(=O)CN(C)C(=O)c1ccc(NC(=O)CC#N)cc1. The van der Waals surface area contributed by atoms with Gasteiger partial charge in [-0.3, -0.25) is 14.4 Å². The highest BCUT2D eigenvalue weighted by atomic mass is 35.5. The Bertz CT molecular complexity index is 954. The van der Waals surface area contributed by atoms with Gasteiger partial charge in [-0.05, 0) is 42.5 Å². The third kappa shape index (κ3) is 6.23. The summed E-state index contributed by atoms with van der Waals surface area (Å²) in [7, 11) is 2.97. The number of carbonyl (C=O) groups is 3. The third-order valence-electron chi connectivity index (χ3n) is 3.82. The Labute approximate surface area is 173 Å². The summed E-state index contributed by atoms with van der Waals surface area (Å²) in [5.74, 6) is -0.766. The van der Waals surface area contributed by atoms with Crippen molar-refractivity contribution in [3.8, 4) is 11.8 Å². The van der Waals surface area contributed by atoms with Crippen LogP contribution >= 0.6 is 11.6 Å². The van der Waals surface area contributed by atoms with E-state index < -0.39 is 11.8 Å². The molecule has 0 fully saturated rings. The van der Waals surface area contributed by atoms with E-state index >= 15 is 0 Å². The highest BCUT2D eigenvalue weighted by molar-refractivity contribution is 6.31. The van der Waals surface area contributed by atoms with E-state index in [2.05, 4.69) is 10.6 Å². The molecule has 0 heterocycles. The van der Waals surface area contributed by atoms with E-state index in [0.717, 1.165) is 0 Å². The first-order valence-electron chi connectivity index (χ1n) is 8.49. The fraction of sp³-hybridized carbons (Fsp3) is 0.200. The lowest BCUT2D eigenvalue weighted by molar-refractivity contribution is -0.117. The molecule has 0 atom stereocenters. The van der Waals surface area contributed by atoms with E-state index in [1.165, 1.54) is 31.2 Å². The molecule has 0 aliphatic rings. The van der Waals surface area contributed by atoms with Crippen molar-refractivity contribution >= 4 is 40.7 Å². The molecule has 0 spiro atoms. The monoisotopic (exact) mass is 414 g/mol. The maximum Gasteiger partial charge on any atom is 0.254 e. The number of carbonyl (C=O) groups excluding carboxylic acids is 3. The van der Waals surface area contributed by atoms with Crippen molar-refractivity contribution in [3.05, 3.63) is 53.1 Å². The first kappa shape index (κ1) is 21.7. The standard InChI is InChI=1S/C20H19ClN4O4/c1-25(12-19(27)24-16-11-14(21)5-8-17(16)29-2)20(28)13-3-6-15(7-4-13)23-18(26)9-10-22/h3-8,11H,9,12H2,1-2H3,(H,23,26)(H,24,27). The van der Waals surface area contributed by atoms with Crippen molar-refractivity contribution in [1.82, 2.24) is 4.90 Å². The lowest BCUT2D eigenvalue weighted by atomic mass is 10.2. The fourth-order valence-corrected chi connectivity index (χ4v) is 2.62. The first-order valence-corrected chi connectivity index (χ1v) is 8.87. The number of hydrogen-bond donors (Lipinski definition) is 2. The van der Waals surface area contributed by atoms with Gasteiger partial charge in [0.25, 0.3) is 5.91 Å². The molecule has 2 N–H and O–H groups in total. The number of ether oxygens (including phenoxy) is 1. The van der Waals surface area contributed by atoms with E-state index in [1.54, 1.807) is 36.4 Å². The minimum atomic E-state index is -0.434. The van der Waals surface area contributed by atoms with E-state index in [-0.39, 0.29) is 18.9 Å². The first-order chi connectivity index (χ1) is 13.8. The quantitative estimate of drug-likeness (QED) is 0.723. The summed E-state index contributed by atoms with van der Waals surface area (Å²) in [6.45, 7) is -0.185. The lowest BCUT2D eigenvalue weighted by Crippen LogP contribution is -2.35. The van der Waals surface area contributed by atoms with Crippen molar-refractivity contribution in [2.75, 3.05) is 31.3 Å². The molecular weight excluding hydrogens is 396 g/mol. The van der Waals surface area contributed by atoms with Crippen LogP contribution in [0.15, 0.2) is 42.5 Å². The Balaban J connectivity index is 1.98. The molecule has 0 aromatic heterocycles. The summed E-state index contributed by atoms with van der Waals surface area (Å²) in [4.78, 5) is 37.5. The lowest BCUT2D eigenvalue weighted by Gasteiger charge is -2.18. The summed E-state index contributed by atoms with van der Waals surface area (Å²) in [5.41, 5.74) is 1.22. The molecule has 0 aliphatic heterocycles. The molecule has 0 unspecified atom stereocenters. The summed E-state index contributed by atoms with van der Waals surface area (Å²) < 4.78 is 5.18. The largest absolute Gasteiger partial charge is 0.495 e. The van der Waals surface area contributed by atoms with Gasteiger partial charge < -0.3 is 20.3 Å². The topological polar surface area (TPSA) is 112 Å². The predicted molar refractivity (Wildman–Crippen MR) is 109 cm³/mol. The summed E-state index contributed by atoms with van der Waals surface area (Å²) in [5, 5.41) is 14.1. The van der Waals surface area contributed by atoms with Crippen LogP contribution in [0.4, 0.5) is 11.4 Å². The van der Waals surface area contributed by atoms with Crippen LogP contribution in [0.3, 0.4) is 0 Å². The predicted octanol–water partition coefficient (Wildman–Crippen LogP) is 2.91. The molecule has 0 aliphatic carbocycles. The smallest absolute Gasteiger partial charge is 0.254 e. The Hall–Kier alpha value is -3.57. The van der Waals surface area contributed by atoms with Crippen LogP contribution in [-0.2, 0) is 9.59 Å². The van der Waals surface area contributed by atoms with Crippen LogP contribution < -0.4 is 15.4 Å². The van der Waals surface area contributed by atoms with Gasteiger partial charge >= 0.3 is 0 Å². The van der Waals surface area contributed by atoms with Crippen molar-refractivity contribution in [1.29, 1.82) is 5.26 Å². The molecule has 150 valence electrons. The average molecular weight is 415 g/mol. The van der Waals surface area contributed by atoms with Crippen molar-refractivity contribution < 1.29 is 19.1 Å². The van der Waals surface area contributed by atoms with Crippen molar-refractivity contribution in [2.45, 2.75) is 6.42 Å². The summed E-state index contributed by atoms with van der Waals surface area (Å²) >= 11 is 5.94. The molecule has 0 bridgehead atoms. The Kier molecular flexibility index (Phi) is 7.57. The van der Waals surface area contributed by atoms with E-state index in [9.17, 15) is 14.4 Å². The van der Waals surface area contributed by atoms with Gasteiger partial charge in [0, 0.05) is 23.3 Å². The number of likely N-dealkylation sites (N-methyl/N-ethyl adjacent to an activating group) is 1. The molecule has 0 radical (unpaired) electrons. The fourth-order valence-electron chi connectivity index (χ4n) is 2.45. The number of benzene rings is 2. The van der Waals surface area contributed by atoms with Gasteiger partial charge in [-0.2, -0.15) is 5.26 Å². The number of halogens is 1. The molecular formula is C20H19ClN4O4. The zero-order chi connectivity index (χ0) is 21.4. The molecule has 29 heavy (non-hydrogen) atoms. The number of methoxy groups -OCH3 is 1. The van der Waals surface area contributed by atoms with Crippen LogP contribution in [0.25, 0.3) is 0 Å². The van der Waals surface area contributed by atoms with Crippen molar-refractivity contribution in [3.63, 3.8) is 0 Å². The number of hydrogen-bond acceptors (Lipinski definition) is 5. The van der Waals surface area contributed by atoms with Gasteiger partial charge in [-0.1, -0.05) is 11.6 Å². The van der Waals surface area contributed by atoms with Crippen LogP contribution in [0, 0.1) is 11.3 Å². The molecule has 2 aromatic carbocycles. The van der Waals surface area contributed by atoms with Gasteiger partial charge in [0.2, 0.25) is 11.8 Å². The normalized spacial score (nSPS) is 9.86. The zero-order valence-corrected chi connectivity index (χ0v) is 16.6. The number of nitrogens with zero attached hydrogens (tertiary/aromatic N) is 2. The van der Waals surface area contributed by atoms with Gasteiger partial charge in [-0.15, -0.1) is 0 Å². The highest BCUT2D eigenvalue weighted by Gasteiger charge is 2.16. The molecule has 0 saturated carbocycles. The Morgan fingerprint density at radius 3 is 2.41 bits per heavy atom. The summed E-state index contributed by atoms with van der Waals surface area (Å²) in [6, 6.07) is 12.7. The number of nitriles is 1. The second kappa shape index (κ2) is 10.1. The molecule has 8 nitrogen and oxygen atoms in total. The molecule has 2 rings (SSSR count). The third-order valence-corrected chi connectivity index (χ3v) is 4.05. The van der Waals surface area contributed by atoms with E-state index in [4.69, 9.17) is 21.6 Å². The Morgan fingerprint density at radius 1 is 1.10 bits per heavy atom. The van der Waals surface area contributed by atoms with Gasteiger partial charge in [0.15, 0.2) is 0 Å². The second-order valence-corrected chi connectivity index (χ2v) is 6.45. The minimum absolute atomic E-state index is 0.185. The molecule has 2 aromatic rings. The van der Waals surface area contributed by atoms with Crippen LogP contribution in [0.2, 0.25) is 5.02 Å². The minimum Gasteiger partial charge on any atom is -0.495 e. The zero-order valence-electron chi connectivity index (χ0n) is 15.9. The van der Waals surface area contributed by atoms with Gasteiger partial charge in [0.05, 0.1) is 25.4 Å². The average Bonchev–Trinajstić information content (AvgIpc) is 2.68. The van der Waals surface area contributed by atoms with Crippen LogP contribution in [-0.4, -0.2) is 43.3 Å². The van der Waals surface area contributed by atoms with Gasteiger partial charge in [-0.25, -0.2) is 0 Å². The molecule has 3 amide bonds. The number of rotatable bonds is 7. The van der Waals surface area contributed by atoms with Crippen LogP contribution in [0.5, 0.6) is 5.75 Å². The Morgan fingerprint density at radius 2 is 1.79 bits per heavy atom. The molecule has 0 saturated heterocycles. The number of anilines is 2. The maximum atomic E-state index is 12.5.